The Morgan fingerprint density at radius 1 is 1.17 bits per heavy atom. The highest BCUT2D eigenvalue weighted by Crippen LogP contribution is 2.17. The first-order valence-electron chi connectivity index (χ1n) is 8.73. The van der Waals surface area contributed by atoms with Crippen molar-refractivity contribution in [2.24, 2.45) is 5.10 Å². The number of amides is 1. The Labute approximate surface area is 181 Å². The van der Waals surface area contributed by atoms with Crippen molar-refractivity contribution in [3.05, 3.63) is 70.2 Å². The average molecular weight is 474 g/mol. The van der Waals surface area contributed by atoms with Crippen LogP contribution in [0.1, 0.15) is 18.1 Å². The van der Waals surface area contributed by atoms with Gasteiger partial charge in [0, 0.05) is 11.0 Å². The van der Waals surface area contributed by atoms with Gasteiger partial charge < -0.3 is 11.2 Å². The summed E-state index contributed by atoms with van der Waals surface area (Å²) in [5.74, 6) is 6.36. The Hall–Kier alpha value is -2.85. The molecule has 0 unspecified atom stereocenters. The lowest BCUT2D eigenvalue weighted by Crippen LogP contribution is -2.25. The number of nitrogens with zero attached hydrogens (tertiary/aromatic N) is 4. The van der Waals surface area contributed by atoms with Gasteiger partial charge in [0.2, 0.25) is 11.1 Å². The van der Waals surface area contributed by atoms with Crippen LogP contribution in [0.5, 0.6) is 0 Å². The van der Waals surface area contributed by atoms with Gasteiger partial charge in [-0.3, -0.25) is 4.79 Å². The third-order valence-electron chi connectivity index (χ3n) is 3.92. The maximum atomic E-state index is 12.0. The second-order valence-corrected chi connectivity index (χ2v) is 7.90. The fourth-order valence-corrected chi connectivity index (χ4v) is 3.27. The standard InChI is InChI=1S/C19H20BrN7OS/c1-13(15-7-9-16(20)10-8-15)23-24-18-25-26-19(27(18)21)29-12-17(28)22-11-14-5-3-2-4-6-14/h2-10H,11-12,21H2,1H3,(H,22,28)(H,24,25)/b23-13+. The van der Waals surface area contributed by atoms with Crippen molar-refractivity contribution < 1.29 is 4.79 Å². The summed E-state index contributed by atoms with van der Waals surface area (Å²) in [5.41, 5.74) is 5.59. The SMILES string of the molecule is C/C(=N\Nc1nnc(SCC(=O)NCc2ccccc2)n1N)c1ccc(Br)cc1. The molecule has 8 nitrogen and oxygen atoms in total. The maximum absolute atomic E-state index is 12.0. The van der Waals surface area contributed by atoms with Gasteiger partial charge in [-0.2, -0.15) is 5.10 Å². The van der Waals surface area contributed by atoms with E-state index >= 15 is 0 Å². The molecule has 1 amide bonds. The predicted octanol–water partition coefficient (Wildman–Crippen LogP) is 3.00. The van der Waals surface area contributed by atoms with Crippen LogP contribution in [0.15, 0.2) is 69.3 Å². The summed E-state index contributed by atoms with van der Waals surface area (Å²) in [6, 6.07) is 17.5. The highest BCUT2D eigenvalue weighted by atomic mass is 79.9. The first-order valence-corrected chi connectivity index (χ1v) is 10.5. The summed E-state index contributed by atoms with van der Waals surface area (Å²) in [6.45, 7) is 2.35. The fourth-order valence-electron chi connectivity index (χ4n) is 2.32. The molecule has 0 aliphatic heterocycles. The Balaban J connectivity index is 1.51. The Morgan fingerprint density at radius 2 is 1.90 bits per heavy atom. The summed E-state index contributed by atoms with van der Waals surface area (Å²) >= 11 is 4.61. The molecular formula is C19H20BrN7OS. The summed E-state index contributed by atoms with van der Waals surface area (Å²) in [5, 5.41) is 15.5. The number of anilines is 1. The first-order chi connectivity index (χ1) is 14.0. The first kappa shape index (κ1) is 20.9. The summed E-state index contributed by atoms with van der Waals surface area (Å²) in [4.78, 5) is 12.0. The molecule has 3 aromatic rings. The van der Waals surface area contributed by atoms with E-state index in [1.54, 1.807) is 0 Å². The molecule has 0 spiro atoms. The van der Waals surface area contributed by atoms with E-state index in [4.69, 9.17) is 5.84 Å². The Kier molecular flexibility index (Phi) is 7.25. The third-order valence-corrected chi connectivity index (χ3v) is 5.39. The van der Waals surface area contributed by atoms with Crippen LogP contribution >= 0.6 is 27.7 Å². The zero-order valence-corrected chi connectivity index (χ0v) is 18.1. The van der Waals surface area contributed by atoms with Crippen LogP contribution in [0.2, 0.25) is 0 Å². The molecule has 3 rings (SSSR count). The van der Waals surface area contributed by atoms with Crippen molar-refractivity contribution in [2.45, 2.75) is 18.6 Å². The second-order valence-electron chi connectivity index (χ2n) is 6.04. The lowest BCUT2D eigenvalue weighted by molar-refractivity contribution is -0.118. The normalized spacial score (nSPS) is 11.3. The van der Waals surface area contributed by atoms with Gasteiger partial charge in [-0.1, -0.05) is 70.2 Å². The average Bonchev–Trinajstić information content (AvgIpc) is 3.09. The van der Waals surface area contributed by atoms with Gasteiger partial charge in [0.1, 0.15) is 0 Å². The third kappa shape index (κ3) is 6.06. The molecule has 2 aromatic carbocycles. The molecule has 29 heavy (non-hydrogen) atoms. The summed E-state index contributed by atoms with van der Waals surface area (Å²) in [6.07, 6.45) is 0. The van der Waals surface area contributed by atoms with Gasteiger partial charge in [-0.15, -0.1) is 10.2 Å². The molecule has 0 fully saturated rings. The maximum Gasteiger partial charge on any atom is 0.264 e. The van der Waals surface area contributed by atoms with Crippen molar-refractivity contribution in [2.75, 3.05) is 17.0 Å². The molecule has 0 bridgehead atoms. The number of carbonyl (C=O) groups excluding carboxylic acids is 1. The van der Waals surface area contributed by atoms with E-state index in [1.165, 1.54) is 16.4 Å². The molecular weight excluding hydrogens is 454 g/mol. The number of hydrogen-bond acceptors (Lipinski definition) is 7. The Bertz CT molecular complexity index is 990. The van der Waals surface area contributed by atoms with E-state index < -0.39 is 0 Å². The molecule has 0 aliphatic rings. The van der Waals surface area contributed by atoms with Crippen LogP contribution in [0.3, 0.4) is 0 Å². The predicted molar refractivity (Wildman–Crippen MR) is 119 cm³/mol. The number of hydrazone groups is 1. The lowest BCUT2D eigenvalue weighted by atomic mass is 10.1. The minimum Gasteiger partial charge on any atom is -0.351 e. The summed E-state index contributed by atoms with van der Waals surface area (Å²) in [7, 11) is 0. The molecule has 0 aliphatic carbocycles. The van der Waals surface area contributed by atoms with Crippen molar-refractivity contribution >= 4 is 45.3 Å². The number of rotatable bonds is 8. The molecule has 0 saturated carbocycles. The van der Waals surface area contributed by atoms with Gasteiger partial charge >= 0.3 is 0 Å². The van der Waals surface area contributed by atoms with Crippen LogP contribution in [0, 0.1) is 0 Å². The fraction of sp³-hybridized carbons (Fsp3) is 0.158. The van der Waals surface area contributed by atoms with Crippen molar-refractivity contribution in [3.8, 4) is 0 Å². The quantitative estimate of drug-likeness (QED) is 0.200. The lowest BCUT2D eigenvalue weighted by Gasteiger charge is -2.06. The van der Waals surface area contributed by atoms with Crippen LogP contribution in [0.4, 0.5) is 5.95 Å². The van der Waals surface area contributed by atoms with Gasteiger partial charge in [-0.25, -0.2) is 10.1 Å². The highest BCUT2D eigenvalue weighted by molar-refractivity contribution is 9.10. The van der Waals surface area contributed by atoms with E-state index in [9.17, 15) is 4.79 Å². The van der Waals surface area contributed by atoms with E-state index in [-0.39, 0.29) is 17.6 Å². The monoisotopic (exact) mass is 473 g/mol. The zero-order chi connectivity index (χ0) is 20.6. The Morgan fingerprint density at radius 3 is 2.62 bits per heavy atom. The van der Waals surface area contributed by atoms with Gasteiger partial charge in [0.25, 0.3) is 5.95 Å². The minimum absolute atomic E-state index is 0.111. The zero-order valence-electron chi connectivity index (χ0n) is 15.7. The van der Waals surface area contributed by atoms with Crippen LogP contribution in [-0.2, 0) is 11.3 Å². The molecule has 0 atom stereocenters. The van der Waals surface area contributed by atoms with E-state index in [2.05, 4.69) is 42.0 Å². The molecule has 4 N–H and O–H groups in total. The molecule has 10 heteroatoms. The number of thioether (sulfide) groups is 1. The van der Waals surface area contributed by atoms with E-state index in [1.807, 2.05) is 61.5 Å². The largest absolute Gasteiger partial charge is 0.351 e. The number of aromatic nitrogens is 3. The van der Waals surface area contributed by atoms with Crippen LogP contribution in [0.25, 0.3) is 0 Å². The van der Waals surface area contributed by atoms with Crippen LogP contribution in [-0.4, -0.2) is 32.2 Å². The number of halogens is 1. The number of carbonyl (C=O) groups is 1. The number of hydrogen-bond donors (Lipinski definition) is 3. The van der Waals surface area contributed by atoms with E-state index in [0.717, 1.165) is 21.3 Å². The topological polar surface area (TPSA) is 110 Å². The molecule has 0 saturated heterocycles. The second kappa shape index (κ2) is 10.1. The van der Waals surface area contributed by atoms with Gasteiger partial charge in [-0.05, 0) is 30.2 Å². The number of benzene rings is 2. The number of nitrogen functional groups attached to an aromatic ring is 1. The van der Waals surface area contributed by atoms with Crippen molar-refractivity contribution in [1.29, 1.82) is 0 Å². The van der Waals surface area contributed by atoms with E-state index in [0.29, 0.717) is 11.7 Å². The van der Waals surface area contributed by atoms with Crippen molar-refractivity contribution in [1.82, 2.24) is 20.2 Å². The van der Waals surface area contributed by atoms with Crippen molar-refractivity contribution in [3.63, 3.8) is 0 Å². The van der Waals surface area contributed by atoms with Gasteiger partial charge in [0.15, 0.2) is 0 Å². The summed E-state index contributed by atoms with van der Waals surface area (Å²) < 4.78 is 2.27. The molecule has 1 heterocycles. The molecule has 150 valence electrons. The van der Waals surface area contributed by atoms with Gasteiger partial charge in [0.05, 0.1) is 11.5 Å². The highest BCUT2D eigenvalue weighted by Gasteiger charge is 2.12. The number of nitrogens with two attached hydrogens (primary N) is 1. The molecule has 1 aromatic heterocycles. The van der Waals surface area contributed by atoms with Crippen LogP contribution < -0.4 is 16.6 Å². The molecule has 0 radical (unpaired) electrons. The number of nitrogens with one attached hydrogen (secondary N) is 2. The smallest absolute Gasteiger partial charge is 0.264 e. The minimum atomic E-state index is -0.111.